The van der Waals surface area contributed by atoms with Crippen molar-refractivity contribution in [2.75, 3.05) is 44.2 Å². The number of likely N-dealkylation sites (tertiary alicyclic amines) is 1. The number of aliphatic carboxylic acids is 1. The fourth-order valence-electron chi connectivity index (χ4n) is 6.61. The van der Waals surface area contributed by atoms with E-state index in [1.165, 1.54) is 11.3 Å². The molecule has 0 spiro atoms. The number of aliphatic hydroxyl groups is 2. The van der Waals surface area contributed by atoms with Crippen LogP contribution in [0.3, 0.4) is 0 Å². The van der Waals surface area contributed by atoms with Gasteiger partial charge in [0.25, 0.3) is 0 Å². The van der Waals surface area contributed by atoms with Crippen LogP contribution >= 0.6 is 23.2 Å². The predicted molar refractivity (Wildman–Crippen MR) is 194 cm³/mol. The van der Waals surface area contributed by atoms with Crippen LogP contribution in [-0.4, -0.2) is 82.6 Å². The minimum Gasteiger partial charge on any atom is -0.488 e. The third-order valence-electron chi connectivity index (χ3n) is 9.28. The molecule has 1 fully saturated rings. The monoisotopic (exact) mass is 720 g/mol. The highest BCUT2D eigenvalue weighted by Gasteiger charge is 2.25. The molecule has 264 valence electrons. The first-order valence-electron chi connectivity index (χ1n) is 16.9. The van der Waals surface area contributed by atoms with Gasteiger partial charge >= 0.3 is 5.97 Å². The van der Waals surface area contributed by atoms with Crippen LogP contribution in [0.15, 0.2) is 73.1 Å². The van der Waals surface area contributed by atoms with Crippen LogP contribution in [0, 0.1) is 0 Å². The zero-order valence-electron chi connectivity index (χ0n) is 27.7. The highest BCUT2D eigenvalue weighted by atomic mass is 35.5. The number of nitrogens with one attached hydrogen (secondary N) is 1. The number of pyridine rings is 1. The molecule has 1 aromatic heterocycles. The van der Waals surface area contributed by atoms with E-state index in [0.717, 1.165) is 74.2 Å². The summed E-state index contributed by atoms with van der Waals surface area (Å²) in [6.07, 6.45) is 6.04. The van der Waals surface area contributed by atoms with E-state index in [4.69, 9.17) is 32.7 Å². The van der Waals surface area contributed by atoms with Crippen molar-refractivity contribution in [2.24, 2.45) is 0 Å². The molecule has 6 rings (SSSR count). The first kappa shape index (κ1) is 35.9. The number of rotatable bonds is 16. The van der Waals surface area contributed by atoms with Crippen LogP contribution < -0.4 is 19.7 Å². The number of aliphatic hydroxyl groups excluding tert-OH is 2. The summed E-state index contributed by atoms with van der Waals surface area (Å²) in [6, 6.07) is 18.3. The summed E-state index contributed by atoms with van der Waals surface area (Å²) >= 11 is 13.8. The molecule has 0 aliphatic carbocycles. The minimum absolute atomic E-state index is 0.0924. The maximum absolute atomic E-state index is 11.5. The second-order valence-electron chi connectivity index (χ2n) is 12.7. The molecular formula is C38H42Cl2N4O6. The number of carboxylic acid groups (broad SMARTS) is 1. The van der Waals surface area contributed by atoms with Crippen LogP contribution in [-0.2, 0) is 31.0 Å². The van der Waals surface area contributed by atoms with Crippen LogP contribution in [0.4, 0.5) is 5.69 Å². The Bertz CT molecular complexity index is 1780. The Kier molecular flexibility index (Phi) is 12.1. The third-order valence-corrected chi connectivity index (χ3v) is 10.0. The van der Waals surface area contributed by atoms with Gasteiger partial charge in [0.05, 0.1) is 22.8 Å². The van der Waals surface area contributed by atoms with E-state index >= 15 is 0 Å². The number of nitrogens with zero attached hydrogens (tertiary/aromatic N) is 3. The van der Waals surface area contributed by atoms with Gasteiger partial charge < -0.3 is 34.6 Å². The second kappa shape index (κ2) is 16.9. The molecule has 10 nitrogen and oxygen atoms in total. The fourth-order valence-corrected chi connectivity index (χ4v) is 7.13. The first-order chi connectivity index (χ1) is 24.3. The summed E-state index contributed by atoms with van der Waals surface area (Å²) in [5.74, 6) is -0.330. The van der Waals surface area contributed by atoms with E-state index < -0.39 is 18.6 Å². The molecule has 4 N–H and O–H groups in total. The van der Waals surface area contributed by atoms with Crippen molar-refractivity contribution in [1.82, 2.24) is 15.2 Å². The molecule has 0 saturated carbocycles. The Morgan fingerprint density at radius 3 is 2.56 bits per heavy atom. The predicted octanol–water partition coefficient (Wildman–Crippen LogP) is 5.57. The molecule has 3 aromatic carbocycles. The molecule has 2 aliphatic rings. The van der Waals surface area contributed by atoms with Gasteiger partial charge in [-0.15, -0.1) is 0 Å². The zero-order chi connectivity index (χ0) is 35.0. The number of ether oxygens (including phenoxy) is 2. The lowest BCUT2D eigenvalue weighted by atomic mass is 9.96. The largest absolute Gasteiger partial charge is 0.488 e. The quantitative estimate of drug-likeness (QED) is 0.117. The lowest BCUT2D eigenvalue weighted by Crippen LogP contribution is -2.39. The maximum Gasteiger partial charge on any atom is 0.323 e. The van der Waals surface area contributed by atoms with Crippen molar-refractivity contribution in [1.29, 1.82) is 0 Å². The lowest BCUT2D eigenvalue weighted by molar-refractivity contribution is -0.140. The molecule has 2 atom stereocenters. The highest BCUT2D eigenvalue weighted by Crippen LogP contribution is 2.41. The molecule has 12 heteroatoms. The SMILES string of the molecule is O=C(O)C(CO)NCc1cc(Cl)c(OCc2cccc(-c3cccc4c3CCN4CCCN3CCC(O)C3)c2Cl)cc1OCc1cccnc1. The van der Waals surface area contributed by atoms with Crippen molar-refractivity contribution in [3.05, 3.63) is 105 Å². The molecule has 0 radical (unpaired) electrons. The summed E-state index contributed by atoms with van der Waals surface area (Å²) in [4.78, 5) is 20.4. The zero-order valence-corrected chi connectivity index (χ0v) is 29.2. The summed E-state index contributed by atoms with van der Waals surface area (Å²) in [5.41, 5.74) is 6.85. The normalized spacial score (nSPS) is 16.4. The molecule has 0 bridgehead atoms. The van der Waals surface area contributed by atoms with Gasteiger partial charge in [0.15, 0.2) is 0 Å². The average Bonchev–Trinajstić information content (AvgIpc) is 3.74. The fraction of sp³-hybridized carbons (Fsp3) is 0.368. The summed E-state index contributed by atoms with van der Waals surface area (Å²) in [6.45, 7) is 4.57. The summed E-state index contributed by atoms with van der Waals surface area (Å²) in [7, 11) is 0. The molecule has 4 aromatic rings. The standard InChI is InChI=1S/C38H42Cl2N4O6/c39-32-17-27(20-42-33(22-45)38(47)48)35(49-23-25-5-3-12-41-19-25)18-36(32)50-24-26-6-1-8-31(37(26)40)29-7-2-9-34-30(29)11-16-44(34)14-4-13-43-15-10-28(46)21-43/h1-3,5-9,12,17-19,28,33,42,45-46H,4,10-11,13-16,20-24H2,(H,47,48). The number of anilines is 1. The number of fused-ring (bicyclic) bond motifs is 1. The van der Waals surface area contributed by atoms with Gasteiger partial charge in [-0.2, -0.15) is 0 Å². The van der Waals surface area contributed by atoms with Gasteiger partial charge in [0.1, 0.15) is 30.8 Å². The molecular weight excluding hydrogens is 679 g/mol. The van der Waals surface area contributed by atoms with E-state index in [1.807, 2.05) is 30.3 Å². The summed E-state index contributed by atoms with van der Waals surface area (Å²) < 4.78 is 12.4. The Morgan fingerprint density at radius 2 is 1.80 bits per heavy atom. The average molecular weight is 722 g/mol. The van der Waals surface area contributed by atoms with Crippen LogP contribution in [0.25, 0.3) is 11.1 Å². The number of benzene rings is 3. The van der Waals surface area contributed by atoms with Crippen molar-refractivity contribution in [3.8, 4) is 22.6 Å². The number of β-amino-alcohol motifs (C(OH)–C–C–N with tert-alkyl or cyclic N) is 1. The van der Waals surface area contributed by atoms with Gasteiger partial charge in [-0.25, -0.2) is 0 Å². The molecule has 1 saturated heterocycles. The summed E-state index contributed by atoms with van der Waals surface area (Å²) in [5, 5.41) is 32.4. The first-order valence-corrected chi connectivity index (χ1v) is 17.6. The molecule has 50 heavy (non-hydrogen) atoms. The number of hydrogen-bond donors (Lipinski definition) is 4. The van der Waals surface area contributed by atoms with E-state index in [0.29, 0.717) is 27.1 Å². The molecule has 3 heterocycles. The number of hydrogen-bond acceptors (Lipinski definition) is 9. The molecule has 0 amide bonds. The number of aromatic nitrogens is 1. The Morgan fingerprint density at radius 1 is 0.980 bits per heavy atom. The van der Waals surface area contributed by atoms with Gasteiger partial charge in [-0.05, 0) is 55.1 Å². The highest BCUT2D eigenvalue weighted by molar-refractivity contribution is 6.34. The van der Waals surface area contributed by atoms with Crippen molar-refractivity contribution in [2.45, 2.75) is 51.2 Å². The van der Waals surface area contributed by atoms with E-state index in [-0.39, 0.29) is 25.9 Å². The van der Waals surface area contributed by atoms with Gasteiger partial charge in [0.2, 0.25) is 0 Å². The topological polar surface area (TPSA) is 128 Å². The lowest BCUT2D eigenvalue weighted by Gasteiger charge is -2.22. The number of carbonyl (C=O) groups is 1. The van der Waals surface area contributed by atoms with Crippen molar-refractivity contribution < 1.29 is 29.6 Å². The minimum atomic E-state index is -1.16. The number of carboxylic acids is 1. The van der Waals surface area contributed by atoms with Gasteiger partial charge in [0, 0.05) is 79.1 Å². The maximum atomic E-state index is 11.5. The van der Waals surface area contributed by atoms with Crippen molar-refractivity contribution in [3.63, 3.8) is 0 Å². The smallest absolute Gasteiger partial charge is 0.323 e. The van der Waals surface area contributed by atoms with E-state index in [1.54, 1.807) is 24.5 Å². The third kappa shape index (κ3) is 8.69. The van der Waals surface area contributed by atoms with Crippen LogP contribution in [0.1, 0.15) is 35.1 Å². The van der Waals surface area contributed by atoms with Crippen molar-refractivity contribution >= 4 is 34.9 Å². The Hall–Kier alpha value is -3.90. The van der Waals surface area contributed by atoms with Gasteiger partial charge in [-0.1, -0.05) is 59.6 Å². The second-order valence-corrected chi connectivity index (χ2v) is 13.5. The Balaban J connectivity index is 1.17. The van der Waals surface area contributed by atoms with E-state index in [9.17, 15) is 20.1 Å². The molecule has 2 unspecified atom stereocenters. The van der Waals surface area contributed by atoms with Gasteiger partial charge in [-0.3, -0.25) is 15.1 Å². The van der Waals surface area contributed by atoms with Crippen LogP contribution in [0.5, 0.6) is 11.5 Å². The van der Waals surface area contributed by atoms with E-state index in [2.05, 4.69) is 38.3 Å². The van der Waals surface area contributed by atoms with Crippen LogP contribution in [0.2, 0.25) is 10.0 Å². The molecule has 2 aliphatic heterocycles. The Labute approximate surface area is 302 Å². The number of halogens is 2.